The first kappa shape index (κ1) is 20.9. The second kappa shape index (κ2) is 9.69. The zero-order valence-electron chi connectivity index (χ0n) is 17.6. The second-order valence-corrected chi connectivity index (χ2v) is 9.18. The molecule has 1 fully saturated rings. The first-order valence-electron chi connectivity index (χ1n) is 10.7. The number of hydrazone groups is 1. The van der Waals surface area contributed by atoms with Crippen molar-refractivity contribution >= 4 is 29.2 Å². The fourth-order valence-electron chi connectivity index (χ4n) is 3.80. The molecule has 162 valence electrons. The molecular weight excluding hydrogens is 438 g/mol. The molecule has 2 aromatic heterocycles. The van der Waals surface area contributed by atoms with Gasteiger partial charge in [0.2, 0.25) is 0 Å². The first-order chi connectivity index (χ1) is 15.7. The Bertz CT molecular complexity index is 1160. The van der Waals surface area contributed by atoms with Gasteiger partial charge in [0, 0.05) is 49.5 Å². The molecule has 7 heteroatoms. The predicted octanol–water partition coefficient (Wildman–Crippen LogP) is 5.41. The Morgan fingerprint density at radius 1 is 0.938 bits per heavy atom. The summed E-state index contributed by atoms with van der Waals surface area (Å²) in [4.78, 5) is 3.61. The van der Waals surface area contributed by atoms with Crippen LogP contribution in [-0.4, -0.2) is 52.1 Å². The van der Waals surface area contributed by atoms with Gasteiger partial charge in [-0.3, -0.25) is 9.91 Å². The molecule has 0 aliphatic carbocycles. The Balaban J connectivity index is 1.27. The Kier molecular flexibility index (Phi) is 6.34. The summed E-state index contributed by atoms with van der Waals surface area (Å²) in [5.74, 6) is 0. The van der Waals surface area contributed by atoms with Crippen molar-refractivity contribution in [2.24, 2.45) is 5.10 Å². The fraction of sp³-hybridized carbons (Fsp3) is 0.200. The summed E-state index contributed by atoms with van der Waals surface area (Å²) >= 11 is 7.69. The van der Waals surface area contributed by atoms with Crippen molar-refractivity contribution in [1.82, 2.24) is 19.7 Å². The van der Waals surface area contributed by atoms with Gasteiger partial charge in [-0.05, 0) is 41.3 Å². The van der Waals surface area contributed by atoms with E-state index < -0.39 is 0 Å². The third-order valence-corrected chi connectivity index (χ3v) is 6.67. The molecule has 0 radical (unpaired) electrons. The SMILES string of the molecule is Clc1ccc(CN2CCN(/N=C\c3cn(-c4ccccc4)nc3-c3cccs3)CC2)cc1. The van der Waals surface area contributed by atoms with Crippen LogP contribution in [0.3, 0.4) is 0 Å². The van der Waals surface area contributed by atoms with E-state index in [-0.39, 0.29) is 0 Å². The molecule has 0 bridgehead atoms. The fourth-order valence-corrected chi connectivity index (χ4v) is 4.66. The topological polar surface area (TPSA) is 36.7 Å². The molecule has 0 N–H and O–H groups in total. The van der Waals surface area contributed by atoms with Crippen LogP contribution >= 0.6 is 22.9 Å². The van der Waals surface area contributed by atoms with E-state index in [1.165, 1.54) is 5.56 Å². The lowest BCUT2D eigenvalue weighted by Gasteiger charge is -2.33. The number of hydrogen-bond acceptors (Lipinski definition) is 5. The number of hydrogen-bond donors (Lipinski definition) is 0. The van der Waals surface area contributed by atoms with Crippen LogP contribution in [-0.2, 0) is 6.54 Å². The van der Waals surface area contributed by atoms with Gasteiger partial charge in [0.15, 0.2) is 0 Å². The summed E-state index contributed by atoms with van der Waals surface area (Å²) < 4.78 is 1.93. The van der Waals surface area contributed by atoms with E-state index in [9.17, 15) is 0 Å². The van der Waals surface area contributed by atoms with Gasteiger partial charge in [-0.25, -0.2) is 4.68 Å². The minimum absolute atomic E-state index is 0.783. The Morgan fingerprint density at radius 3 is 2.44 bits per heavy atom. The molecule has 1 aliphatic rings. The Morgan fingerprint density at radius 2 is 1.72 bits per heavy atom. The van der Waals surface area contributed by atoms with Crippen LogP contribution < -0.4 is 0 Å². The summed E-state index contributed by atoms with van der Waals surface area (Å²) in [7, 11) is 0. The zero-order valence-corrected chi connectivity index (χ0v) is 19.2. The smallest absolute Gasteiger partial charge is 0.112 e. The molecule has 0 amide bonds. The van der Waals surface area contributed by atoms with Gasteiger partial charge < -0.3 is 0 Å². The minimum Gasteiger partial charge on any atom is -0.295 e. The Labute approximate surface area is 197 Å². The molecular formula is C25H24ClN5S. The number of halogens is 1. The lowest BCUT2D eigenvalue weighted by atomic mass is 10.2. The average Bonchev–Trinajstić information content (AvgIpc) is 3.51. The molecule has 0 atom stereocenters. The lowest BCUT2D eigenvalue weighted by Crippen LogP contribution is -2.43. The highest BCUT2D eigenvalue weighted by atomic mass is 35.5. The van der Waals surface area contributed by atoms with Gasteiger partial charge in [-0.15, -0.1) is 11.3 Å². The van der Waals surface area contributed by atoms with Gasteiger partial charge in [0.05, 0.1) is 16.8 Å². The van der Waals surface area contributed by atoms with Crippen LogP contribution in [0.15, 0.2) is 83.4 Å². The number of nitrogens with zero attached hydrogens (tertiary/aromatic N) is 5. The third kappa shape index (κ3) is 4.93. The van der Waals surface area contributed by atoms with E-state index in [0.717, 1.165) is 59.6 Å². The molecule has 2 aromatic carbocycles. The van der Waals surface area contributed by atoms with Crippen LogP contribution in [0.1, 0.15) is 11.1 Å². The van der Waals surface area contributed by atoms with Gasteiger partial charge in [-0.2, -0.15) is 10.2 Å². The molecule has 3 heterocycles. The maximum atomic E-state index is 6.00. The number of aromatic nitrogens is 2. The Hall–Kier alpha value is -2.93. The quantitative estimate of drug-likeness (QED) is 0.360. The van der Waals surface area contributed by atoms with E-state index in [2.05, 4.69) is 57.9 Å². The van der Waals surface area contributed by atoms with Crippen LogP contribution in [0.25, 0.3) is 16.3 Å². The van der Waals surface area contributed by atoms with Crippen LogP contribution in [0.5, 0.6) is 0 Å². The van der Waals surface area contributed by atoms with Crippen molar-refractivity contribution in [3.8, 4) is 16.3 Å². The normalized spacial score (nSPS) is 15.0. The van der Waals surface area contributed by atoms with E-state index >= 15 is 0 Å². The van der Waals surface area contributed by atoms with Gasteiger partial charge in [0.1, 0.15) is 5.69 Å². The molecule has 1 aliphatic heterocycles. The van der Waals surface area contributed by atoms with Crippen molar-refractivity contribution < 1.29 is 0 Å². The molecule has 4 aromatic rings. The summed E-state index contributed by atoms with van der Waals surface area (Å²) in [6.45, 7) is 4.74. The van der Waals surface area contributed by atoms with E-state index in [1.54, 1.807) is 11.3 Å². The molecule has 5 rings (SSSR count). The molecule has 0 saturated carbocycles. The lowest BCUT2D eigenvalue weighted by molar-refractivity contribution is 0.131. The van der Waals surface area contributed by atoms with Crippen LogP contribution in [0.2, 0.25) is 5.02 Å². The van der Waals surface area contributed by atoms with Crippen LogP contribution in [0, 0.1) is 0 Å². The summed E-state index contributed by atoms with van der Waals surface area (Å²) in [5.41, 5.74) is 4.33. The molecule has 0 spiro atoms. The third-order valence-electron chi connectivity index (χ3n) is 5.55. The van der Waals surface area contributed by atoms with Crippen molar-refractivity contribution in [2.45, 2.75) is 6.54 Å². The number of para-hydroxylation sites is 1. The predicted molar refractivity (Wildman–Crippen MR) is 133 cm³/mol. The van der Waals surface area contributed by atoms with E-state index in [4.69, 9.17) is 21.8 Å². The van der Waals surface area contributed by atoms with E-state index in [1.807, 2.05) is 41.2 Å². The number of benzene rings is 2. The second-order valence-electron chi connectivity index (χ2n) is 7.79. The maximum Gasteiger partial charge on any atom is 0.112 e. The molecule has 32 heavy (non-hydrogen) atoms. The molecule has 0 unspecified atom stereocenters. The maximum absolute atomic E-state index is 6.00. The van der Waals surface area contributed by atoms with Crippen molar-refractivity contribution in [3.05, 3.63) is 94.5 Å². The standard InChI is InChI=1S/C25H24ClN5S/c26-22-10-8-20(9-11-22)18-29-12-14-30(15-13-29)27-17-21-19-31(23-5-2-1-3-6-23)28-25(21)24-7-4-16-32-24/h1-11,16-17,19H,12-15,18H2/b27-17-. The summed E-state index contributed by atoms with van der Waals surface area (Å²) in [6.07, 6.45) is 4.01. The highest BCUT2D eigenvalue weighted by Gasteiger charge is 2.16. The van der Waals surface area contributed by atoms with Crippen molar-refractivity contribution in [1.29, 1.82) is 0 Å². The van der Waals surface area contributed by atoms with Crippen molar-refractivity contribution in [2.75, 3.05) is 26.2 Å². The molecule has 1 saturated heterocycles. The zero-order chi connectivity index (χ0) is 21.8. The monoisotopic (exact) mass is 461 g/mol. The van der Waals surface area contributed by atoms with Crippen molar-refractivity contribution in [3.63, 3.8) is 0 Å². The van der Waals surface area contributed by atoms with Crippen LogP contribution in [0.4, 0.5) is 0 Å². The highest BCUT2D eigenvalue weighted by Crippen LogP contribution is 2.27. The number of piperazine rings is 1. The molecule has 5 nitrogen and oxygen atoms in total. The summed E-state index contributed by atoms with van der Waals surface area (Å²) in [5, 5.41) is 14.7. The van der Waals surface area contributed by atoms with Gasteiger partial charge in [-0.1, -0.05) is 48.0 Å². The van der Waals surface area contributed by atoms with E-state index in [0.29, 0.717) is 0 Å². The van der Waals surface area contributed by atoms with Gasteiger partial charge in [0.25, 0.3) is 0 Å². The largest absolute Gasteiger partial charge is 0.295 e. The van der Waals surface area contributed by atoms with Gasteiger partial charge >= 0.3 is 0 Å². The minimum atomic E-state index is 0.783. The first-order valence-corrected chi connectivity index (χ1v) is 11.9. The number of thiophene rings is 1. The number of rotatable bonds is 6. The summed E-state index contributed by atoms with van der Waals surface area (Å²) in [6, 6.07) is 22.5. The highest BCUT2D eigenvalue weighted by molar-refractivity contribution is 7.13. The average molecular weight is 462 g/mol.